The number of nitrogens with one attached hydrogen (secondary N) is 1. The van der Waals surface area contributed by atoms with Gasteiger partial charge in [-0.05, 0) is 32.0 Å². The average molecular weight is 290 g/mol. The van der Waals surface area contributed by atoms with Gasteiger partial charge in [0.2, 0.25) is 5.88 Å². The molecule has 0 aliphatic carbocycles. The SMILES string of the molecule is COc1cccc(CN2CCN(C3CCNCC3)C2=O)n1. The summed E-state index contributed by atoms with van der Waals surface area (Å²) in [5.74, 6) is 0.592. The van der Waals surface area contributed by atoms with Crippen LogP contribution in [-0.4, -0.2) is 60.1 Å². The number of ether oxygens (including phenoxy) is 1. The first-order valence-corrected chi connectivity index (χ1v) is 7.54. The summed E-state index contributed by atoms with van der Waals surface area (Å²) in [6, 6.07) is 6.19. The van der Waals surface area contributed by atoms with Crippen LogP contribution in [0.3, 0.4) is 0 Å². The van der Waals surface area contributed by atoms with E-state index < -0.39 is 0 Å². The Balaban J connectivity index is 1.63. The van der Waals surface area contributed by atoms with Crippen molar-refractivity contribution in [1.82, 2.24) is 20.1 Å². The second-order valence-electron chi connectivity index (χ2n) is 5.55. The van der Waals surface area contributed by atoms with Crippen LogP contribution in [0.2, 0.25) is 0 Å². The molecule has 2 fully saturated rings. The third kappa shape index (κ3) is 3.10. The summed E-state index contributed by atoms with van der Waals surface area (Å²) in [5, 5.41) is 3.34. The molecule has 2 saturated heterocycles. The number of carbonyl (C=O) groups excluding carboxylic acids is 1. The van der Waals surface area contributed by atoms with Crippen LogP contribution in [0.1, 0.15) is 18.5 Å². The fraction of sp³-hybridized carbons (Fsp3) is 0.600. The number of urea groups is 1. The Kier molecular flexibility index (Phi) is 4.24. The molecule has 1 aromatic heterocycles. The van der Waals surface area contributed by atoms with E-state index in [-0.39, 0.29) is 6.03 Å². The molecular weight excluding hydrogens is 268 g/mol. The minimum Gasteiger partial charge on any atom is -0.481 e. The number of piperidine rings is 1. The summed E-state index contributed by atoms with van der Waals surface area (Å²) in [5.41, 5.74) is 0.870. The largest absolute Gasteiger partial charge is 0.481 e. The molecule has 2 aliphatic heterocycles. The number of rotatable bonds is 4. The normalized spacial score (nSPS) is 20.1. The number of methoxy groups -OCH3 is 1. The van der Waals surface area contributed by atoms with Gasteiger partial charge in [0, 0.05) is 25.2 Å². The van der Waals surface area contributed by atoms with Crippen molar-refractivity contribution in [2.75, 3.05) is 33.3 Å². The summed E-state index contributed by atoms with van der Waals surface area (Å²) >= 11 is 0. The van der Waals surface area contributed by atoms with Crippen molar-refractivity contribution < 1.29 is 9.53 Å². The maximum atomic E-state index is 12.5. The molecule has 0 atom stereocenters. The van der Waals surface area contributed by atoms with Crippen LogP contribution < -0.4 is 10.1 Å². The van der Waals surface area contributed by atoms with Gasteiger partial charge in [0.15, 0.2) is 0 Å². The maximum Gasteiger partial charge on any atom is 0.320 e. The molecule has 0 unspecified atom stereocenters. The fourth-order valence-corrected chi connectivity index (χ4v) is 3.06. The molecule has 3 heterocycles. The third-order valence-electron chi connectivity index (χ3n) is 4.22. The highest BCUT2D eigenvalue weighted by Crippen LogP contribution is 2.20. The average Bonchev–Trinajstić information content (AvgIpc) is 2.89. The number of amides is 2. The number of nitrogens with zero attached hydrogens (tertiary/aromatic N) is 3. The minimum absolute atomic E-state index is 0.145. The Morgan fingerprint density at radius 3 is 2.90 bits per heavy atom. The fourth-order valence-electron chi connectivity index (χ4n) is 3.06. The zero-order chi connectivity index (χ0) is 14.7. The molecule has 2 aliphatic rings. The predicted molar refractivity (Wildman–Crippen MR) is 79.2 cm³/mol. The minimum atomic E-state index is 0.145. The summed E-state index contributed by atoms with van der Waals surface area (Å²) in [6.07, 6.45) is 2.11. The van der Waals surface area contributed by atoms with Crippen molar-refractivity contribution in [2.24, 2.45) is 0 Å². The molecule has 3 rings (SSSR count). The smallest absolute Gasteiger partial charge is 0.320 e. The van der Waals surface area contributed by atoms with Gasteiger partial charge in [-0.15, -0.1) is 0 Å². The van der Waals surface area contributed by atoms with Crippen LogP contribution in [0.15, 0.2) is 18.2 Å². The molecule has 21 heavy (non-hydrogen) atoms. The zero-order valence-corrected chi connectivity index (χ0v) is 12.4. The molecule has 0 saturated carbocycles. The highest BCUT2D eigenvalue weighted by molar-refractivity contribution is 5.76. The maximum absolute atomic E-state index is 12.5. The topological polar surface area (TPSA) is 57.7 Å². The Morgan fingerprint density at radius 1 is 1.33 bits per heavy atom. The molecule has 6 heteroatoms. The molecule has 0 aromatic carbocycles. The second kappa shape index (κ2) is 6.30. The van der Waals surface area contributed by atoms with Gasteiger partial charge in [0.1, 0.15) is 0 Å². The van der Waals surface area contributed by atoms with Crippen molar-refractivity contribution in [2.45, 2.75) is 25.4 Å². The van der Waals surface area contributed by atoms with Gasteiger partial charge in [-0.25, -0.2) is 9.78 Å². The van der Waals surface area contributed by atoms with Gasteiger partial charge in [-0.1, -0.05) is 6.07 Å². The quantitative estimate of drug-likeness (QED) is 0.901. The summed E-state index contributed by atoms with van der Waals surface area (Å²) in [6.45, 7) is 4.17. The van der Waals surface area contributed by atoms with Crippen LogP contribution in [0.4, 0.5) is 4.79 Å². The van der Waals surface area contributed by atoms with Crippen molar-refractivity contribution in [1.29, 1.82) is 0 Å². The Bertz CT molecular complexity index is 502. The highest BCUT2D eigenvalue weighted by Gasteiger charge is 2.34. The lowest BCUT2D eigenvalue weighted by Crippen LogP contribution is -2.45. The van der Waals surface area contributed by atoms with Gasteiger partial charge >= 0.3 is 6.03 Å². The van der Waals surface area contributed by atoms with Crippen molar-refractivity contribution in [3.05, 3.63) is 23.9 Å². The molecule has 0 radical (unpaired) electrons. The van der Waals surface area contributed by atoms with Gasteiger partial charge in [0.05, 0.1) is 19.3 Å². The van der Waals surface area contributed by atoms with Crippen LogP contribution in [0.5, 0.6) is 5.88 Å². The number of hydrogen-bond acceptors (Lipinski definition) is 4. The molecule has 6 nitrogen and oxygen atoms in total. The standard InChI is InChI=1S/C15H22N4O2/c1-21-14-4-2-3-12(17-14)11-18-9-10-19(15(18)20)13-5-7-16-8-6-13/h2-4,13,16H,5-11H2,1H3. The van der Waals surface area contributed by atoms with E-state index in [4.69, 9.17) is 4.74 Å². The Labute approximate surface area is 125 Å². The van der Waals surface area contributed by atoms with E-state index in [1.54, 1.807) is 7.11 Å². The van der Waals surface area contributed by atoms with Crippen LogP contribution >= 0.6 is 0 Å². The number of aromatic nitrogens is 1. The predicted octanol–water partition coefficient (Wildman–Crippen LogP) is 1.08. The van der Waals surface area contributed by atoms with E-state index in [0.29, 0.717) is 18.5 Å². The lowest BCUT2D eigenvalue weighted by molar-refractivity contribution is 0.164. The lowest BCUT2D eigenvalue weighted by atomic mass is 10.1. The first-order valence-electron chi connectivity index (χ1n) is 7.54. The molecule has 114 valence electrons. The first-order chi connectivity index (χ1) is 10.3. The van der Waals surface area contributed by atoms with E-state index in [2.05, 4.69) is 10.3 Å². The van der Waals surface area contributed by atoms with Crippen molar-refractivity contribution >= 4 is 6.03 Å². The van der Waals surface area contributed by atoms with E-state index in [9.17, 15) is 4.79 Å². The highest BCUT2D eigenvalue weighted by atomic mass is 16.5. The van der Waals surface area contributed by atoms with Gasteiger partial charge in [-0.3, -0.25) is 0 Å². The van der Waals surface area contributed by atoms with Gasteiger partial charge in [0.25, 0.3) is 0 Å². The van der Waals surface area contributed by atoms with Gasteiger partial charge < -0.3 is 19.9 Å². The molecule has 0 spiro atoms. The number of carbonyl (C=O) groups is 1. The van der Waals surface area contributed by atoms with E-state index in [1.807, 2.05) is 28.0 Å². The second-order valence-corrected chi connectivity index (χ2v) is 5.55. The monoisotopic (exact) mass is 290 g/mol. The van der Waals surface area contributed by atoms with E-state index in [1.165, 1.54) is 0 Å². The molecule has 1 N–H and O–H groups in total. The van der Waals surface area contributed by atoms with Crippen molar-refractivity contribution in [3.8, 4) is 5.88 Å². The summed E-state index contributed by atoms with van der Waals surface area (Å²) in [7, 11) is 1.60. The Hall–Kier alpha value is -1.82. The van der Waals surface area contributed by atoms with Gasteiger partial charge in [-0.2, -0.15) is 0 Å². The van der Waals surface area contributed by atoms with Crippen LogP contribution in [-0.2, 0) is 6.54 Å². The van der Waals surface area contributed by atoms with E-state index >= 15 is 0 Å². The van der Waals surface area contributed by atoms with Crippen LogP contribution in [0, 0.1) is 0 Å². The molecule has 0 bridgehead atoms. The molecule has 2 amide bonds. The third-order valence-corrected chi connectivity index (χ3v) is 4.22. The molecule has 1 aromatic rings. The van der Waals surface area contributed by atoms with Crippen molar-refractivity contribution in [3.63, 3.8) is 0 Å². The van der Waals surface area contributed by atoms with E-state index in [0.717, 1.165) is 44.7 Å². The zero-order valence-electron chi connectivity index (χ0n) is 12.4. The Morgan fingerprint density at radius 2 is 2.14 bits per heavy atom. The lowest BCUT2D eigenvalue weighted by Gasteiger charge is -2.31. The number of pyridine rings is 1. The summed E-state index contributed by atoms with van der Waals surface area (Å²) < 4.78 is 5.13. The first kappa shape index (κ1) is 14.1. The molecular formula is C15H22N4O2. The summed E-state index contributed by atoms with van der Waals surface area (Å²) in [4.78, 5) is 20.8. The number of hydrogen-bond donors (Lipinski definition) is 1. The van der Waals surface area contributed by atoms with Crippen LogP contribution in [0.25, 0.3) is 0 Å².